The summed E-state index contributed by atoms with van der Waals surface area (Å²) in [6, 6.07) is 12.4. The lowest BCUT2D eigenvalue weighted by Gasteiger charge is -2.14. The summed E-state index contributed by atoms with van der Waals surface area (Å²) in [4.78, 5) is 12.6. The van der Waals surface area contributed by atoms with E-state index in [0.717, 1.165) is 22.5 Å². The molecule has 0 fully saturated rings. The van der Waals surface area contributed by atoms with Gasteiger partial charge in [-0.2, -0.15) is 0 Å². The quantitative estimate of drug-likeness (QED) is 0.604. The van der Waals surface area contributed by atoms with Crippen molar-refractivity contribution < 1.29 is 9.18 Å². The monoisotopic (exact) mass is 398 g/mol. The highest BCUT2D eigenvalue weighted by Gasteiger charge is 2.21. The lowest BCUT2D eigenvalue weighted by Crippen LogP contribution is -2.23. The summed E-state index contributed by atoms with van der Waals surface area (Å²) in [7, 11) is 0. The van der Waals surface area contributed by atoms with Gasteiger partial charge in [-0.1, -0.05) is 41.6 Å². The topological polar surface area (TPSA) is 59.8 Å². The minimum atomic E-state index is -0.414. The first-order valence-corrected chi connectivity index (χ1v) is 10.0. The third kappa shape index (κ3) is 4.42. The standard InChI is InChI=1S/C21H23FN4OS/c1-5-26-19(16-8-6-7-13(2)11-16)24-25-21(26)28-15(4)20(27)23-18-12-17(22)10-9-14(18)3/h6-12,15H,5H2,1-4H3,(H,23,27). The number of amides is 1. The molecule has 3 rings (SSSR count). The smallest absolute Gasteiger partial charge is 0.237 e. The predicted molar refractivity (Wildman–Crippen MR) is 111 cm³/mol. The van der Waals surface area contributed by atoms with Crippen LogP contribution in [0.5, 0.6) is 0 Å². The van der Waals surface area contributed by atoms with Gasteiger partial charge in [0.2, 0.25) is 5.91 Å². The average molecular weight is 399 g/mol. The Kier molecular flexibility index (Phi) is 6.14. The maximum atomic E-state index is 13.5. The molecule has 1 amide bonds. The van der Waals surface area contributed by atoms with Crippen LogP contribution in [0.2, 0.25) is 0 Å². The minimum Gasteiger partial charge on any atom is -0.325 e. The molecule has 0 radical (unpaired) electrons. The second-order valence-electron chi connectivity index (χ2n) is 6.63. The number of carbonyl (C=O) groups is 1. The number of rotatable bonds is 6. The van der Waals surface area contributed by atoms with Gasteiger partial charge in [0, 0.05) is 17.8 Å². The molecule has 7 heteroatoms. The number of hydrogen-bond acceptors (Lipinski definition) is 4. The molecule has 3 aromatic rings. The Morgan fingerprint density at radius 1 is 1.21 bits per heavy atom. The molecule has 0 saturated heterocycles. The van der Waals surface area contributed by atoms with Gasteiger partial charge in [-0.25, -0.2) is 4.39 Å². The number of aromatic nitrogens is 3. The van der Waals surface area contributed by atoms with Gasteiger partial charge in [0.1, 0.15) is 5.82 Å². The van der Waals surface area contributed by atoms with Gasteiger partial charge >= 0.3 is 0 Å². The van der Waals surface area contributed by atoms with Crippen molar-refractivity contribution in [2.45, 2.75) is 44.6 Å². The van der Waals surface area contributed by atoms with E-state index in [0.29, 0.717) is 17.4 Å². The Morgan fingerprint density at radius 2 is 2.00 bits per heavy atom. The maximum Gasteiger partial charge on any atom is 0.237 e. The highest BCUT2D eigenvalue weighted by Crippen LogP contribution is 2.28. The number of carbonyl (C=O) groups excluding carboxylic acids is 1. The van der Waals surface area contributed by atoms with E-state index in [1.807, 2.05) is 43.5 Å². The van der Waals surface area contributed by atoms with Crippen LogP contribution in [0.4, 0.5) is 10.1 Å². The van der Waals surface area contributed by atoms with E-state index in [4.69, 9.17) is 0 Å². The second kappa shape index (κ2) is 8.56. The first-order valence-electron chi connectivity index (χ1n) is 9.13. The van der Waals surface area contributed by atoms with Gasteiger partial charge in [-0.05, 0) is 51.5 Å². The van der Waals surface area contributed by atoms with E-state index in [1.165, 1.54) is 23.9 Å². The number of hydrogen-bond donors (Lipinski definition) is 1. The van der Waals surface area contributed by atoms with Gasteiger partial charge in [-0.15, -0.1) is 10.2 Å². The van der Waals surface area contributed by atoms with Crippen LogP contribution in [-0.2, 0) is 11.3 Å². The molecule has 146 valence electrons. The van der Waals surface area contributed by atoms with Crippen LogP contribution in [0.3, 0.4) is 0 Å². The fourth-order valence-electron chi connectivity index (χ4n) is 2.83. The van der Waals surface area contributed by atoms with E-state index < -0.39 is 5.25 Å². The van der Waals surface area contributed by atoms with E-state index in [2.05, 4.69) is 21.6 Å². The Morgan fingerprint density at radius 3 is 2.71 bits per heavy atom. The molecule has 2 aromatic carbocycles. The van der Waals surface area contributed by atoms with Gasteiger partial charge in [0.25, 0.3) is 0 Å². The zero-order chi connectivity index (χ0) is 20.3. The minimum absolute atomic E-state index is 0.207. The molecular formula is C21H23FN4OS. The van der Waals surface area contributed by atoms with Crippen LogP contribution >= 0.6 is 11.8 Å². The predicted octanol–water partition coefficient (Wildman–Crippen LogP) is 4.84. The van der Waals surface area contributed by atoms with Gasteiger partial charge in [-0.3, -0.25) is 4.79 Å². The van der Waals surface area contributed by atoms with Gasteiger partial charge < -0.3 is 9.88 Å². The Hall–Kier alpha value is -2.67. The normalized spacial score (nSPS) is 12.0. The Balaban J connectivity index is 1.77. The molecular weight excluding hydrogens is 375 g/mol. The fourth-order valence-corrected chi connectivity index (χ4v) is 3.75. The largest absolute Gasteiger partial charge is 0.325 e. The number of halogens is 1. The summed E-state index contributed by atoms with van der Waals surface area (Å²) >= 11 is 1.34. The molecule has 0 aliphatic carbocycles. The first kappa shape index (κ1) is 20.1. The molecule has 1 heterocycles. The summed E-state index contributed by atoms with van der Waals surface area (Å²) in [5.41, 5.74) is 3.43. The van der Waals surface area contributed by atoms with Crippen molar-refractivity contribution in [1.29, 1.82) is 0 Å². The van der Waals surface area contributed by atoms with Gasteiger partial charge in [0.05, 0.1) is 5.25 Å². The van der Waals surface area contributed by atoms with Crippen LogP contribution in [0, 0.1) is 19.7 Å². The molecule has 0 saturated carbocycles. The molecule has 1 atom stereocenters. The number of thioether (sulfide) groups is 1. The van der Waals surface area contributed by atoms with Crippen molar-refractivity contribution in [2.24, 2.45) is 0 Å². The maximum absolute atomic E-state index is 13.5. The van der Waals surface area contributed by atoms with Gasteiger partial charge in [0.15, 0.2) is 11.0 Å². The zero-order valence-corrected chi connectivity index (χ0v) is 17.2. The van der Waals surface area contributed by atoms with Crippen molar-refractivity contribution in [2.75, 3.05) is 5.32 Å². The van der Waals surface area contributed by atoms with E-state index in [-0.39, 0.29) is 11.7 Å². The lowest BCUT2D eigenvalue weighted by molar-refractivity contribution is -0.115. The molecule has 0 aliphatic heterocycles. The highest BCUT2D eigenvalue weighted by molar-refractivity contribution is 8.00. The summed E-state index contributed by atoms with van der Waals surface area (Å²) in [6.07, 6.45) is 0. The molecule has 28 heavy (non-hydrogen) atoms. The number of nitrogens with one attached hydrogen (secondary N) is 1. The third-order valence-corrected chi connectivity index (χ3v) is 5.50. The van der Waals surface area contributed by atoms with Crippen LogP contribution in [0.1, 0.15) is 25.0 Å². The average Bonchev–Trinajstić information content (AvgIpc) is 3.07. The summed E-state index contributed by atoms with van der Waals surface area (Å²) in [6.45, 7) is 8.38. The molecule has 5 nitrogen and oxygen atoms in total. The summed E-state index contributed by atoms with van der Waals surface area (Å²) in [5.74, 6) is 0.193. The van der Waals surface area contributed by atoms with Crippen molar-refractivity contribution in [3.8, 4) is 11.4 Å². The van der Waals surface area contributed by atoms with Crippen molar-refractivity contribution in [3.05, 3.63) is 59.4 Å². The van der Waals surface area contributed by atoms with Crippen LogP contribution in [0.15, 0.2) is 47.6 Å². The zero-order valence-electron chi connectivity index (χ0n) is 16.4. The number of benzene rings is 2. The van der Waals surface area contributed by atoms with Crippen molar-refractivity contribution in [1.82, 2.24) is 14.8 Å². The molecule has 0 aliphatic rings. The van der Waals surface area contributed by atoms with Crippen molar-refractivity contribution >= 4 is 23.4 Å². The van der Waals surface area contributed by atoms with Crippen LogP contribution < -0.4 is 5.32 Å². The lowest BCUT2D eigenvalue weighted by atomic mass is 10.1. The first-order chi connectivity index (χ1) is 13.4. The number of anilines is 1. The van der Waals surface area contributed by atoms with E-state index in [9.17, 15) is 9.18 Å². The Bertz CT molecular complexity index is 1000. The molecule has 0 bridgehead atoms. The number of aryl methyl sites for hydroxylation is 2. The van der Waals surface area contributed by atoms with E-state index >= 15 is 0 Å². The van der Waals surface area contributed by atoms with Crippen LogP contribution in [-0.4, -0.2) is 25.9 Å². The van der Waals surface area contributed by atoms with Crippen molar-refractivity contribution in [3.63, 3.8) is 0 Å². The highest BCUT2D eigenvalue weighted by atomic mass is 32.2. The number of nitrogens with zero attached hydrogens (tertiary/aromatic N) is 3. The van der Waals surface area contributed by atoms with E-state index in [1.54, 1.807) is 13.0 Å². The Labute approximate surface area is 168 Å². The molecule has 0 spiro atoms. The molecule has 1 N–H and O–H groups in total. The van der Waals surface area contributed by atoms with Crippen LogP contribution in [0.25, 0.3) is 11.4 Å². The summed E-state index contributed by atoms with van der Waals surface area (Å²) in [5, 5.41) is 11.7. The summed E-state index contributed by atoms with van der Waals surface area (Å²) < 4.78 is 15.5. The SMILES string of the molecule is CCn1c(SC(C)C(=O)Nc2cc(F)ccc2C)nnc1-c1cccc(C)c1. The molecule has 1 aromatic heterocycles. The second-order valence-corrected chi connectivity index (χ2v) is 7.94. The molecule has 1 unspecified atom stereocenters. The third-order valence-electron chi connectivity index (χ3n) is 4.42. The fraction of sp³-hybridized carbons (Fsp3) is 0.286.